The number of piperidine rings is 1. The lowest BCUT2D eigenvalue weighted by Gasteiger charge is -2.33. The molecule has 112 valence electrons. The highest BCUT2D eigenvalue weighted by Gasteiger charge is 2.29. The van der Waals surface area contributed by atoms with Crippen LogP contribution in [0.3, 0.4) is 0 Å². The molecule has 0 saturated carbocycles. The first kappa shape index (κ1) is 14.2. The molecule has 0 aromatic carbocycles. The minimum atomic E-state index is 0.0850. The summed E-state index contributed by atoms with van der Waals surface area (Å²) in [6.07, 6.45) is 6.46. The Hall–Kier alpha value is -1.73. The quantitative estimate of drug-likeness (QED) is 0.932. The molecule has 0 radical (unpaired) electrons. The fourth-order valence-electron chi connectivity index (χ4n) is 2.55. The standard InChI is InChI=1S/C13H17ClN6O/c1-21-8-11-17-12(19-18-11)10-4-2-3-5-20(10)13-15-6-9(14)7-16-13/h6-7,10H,2-5,8H2,1H3,(H,17,18,19)/t10-/m0/s1. The molecule has 0 spiro atoms. The molecular formula is C13H17ClN6O. The monoisotopic (exact) mass is 308 g/mol. The van der Waals surface area contributed by atoms with Gasteiger partial charge in [0.15, 0.2) is 11.6 Å². The minimum Gasteiger partial charge on any atom is -0.377 e. The van der Waals surface area contributed by atoms with Gasteiger partial charge in [0.05, 0.1) is 23.5 Å². The second-order valence-electron chi connectivity index (χ2n) is 4.98. The van der Waals surface area contributed by atoms with Crippen molar-refractivity contribution in [2.75, 3.05) is 18.6 Å². The van der Waals surface area contributed by atoms with E-state index < -0.39 is 0 Å². The topological polar surface area (TPSA) is 79.8 Å². The Labute approximate surface area is 127 Å². The second kappa shape index (κ2) is 6.36. The van der Waals surface area contributed by atoms with Gasteiger partial charge in [-0.25, -0.2) is 15.0 Å². The van der Waals surface area contributed by atoms with Gasteiger partial charge in [-0.15, -0.1) is 0 Å². The average Bonchev–Trinajstić information content (AvgIpc) is 2.97. The molecule has 0 aliphatic carbocycles. The molecule has 1 atom stereocenters. The third-order valence-corrected chi connectivity index (χ3v) is 3.69. The van der Waals surface area contributed by atoms with E-state index in [4.69, 9.17) is 16.3 Å². The van der Waals surface area contributed by atoms with Crippen molar-refractivity contribution in [1.29, 1.82) is 0 Å². The van der Waals surface area contributed by atoms with Gasteiger partial charge in [-0.3, -0.25) is 5.10 Å². The number of ether oxygens (including phenoxy) is 1. The summed E-state index contributed by atoms with van der Waals surface area (Å²) in [6, 6.07) is 0.0850. The van der Waals surface area contributed by atoms with Crippen LogP contribution in [0, 0.1) is 0 Å². The van der Waals surface area contributed by atoms with Crippen LogP contribution in [0.25, 0.3) is 0 Å². The molecule has 3 heterocycles. The number of methoxy groups -OCH3 is 1. The van der Waals surface area contributed by atoms with Crippen molar-refractivity contribution in [3.05, 3.63) is 29.1 Å². The maximum atomic E-state index is 5.85. The Kier molecular flexibility index (Phi) is 4.31. The molecule has 1 saturated heterocycles. The normalized spacial score (nSPS) is 19.0. The Morgan fingerprint density at radius 1 is 1.38 bits per heavy atom. The van der Waals surface area contributed by atoms with E-state index in [2.05, 4.69) is 30.0 Å². The molecule has 0 amide bonds. The summed E-state index contributed by atoms with van der Waals surface area (Å²) in [5, 5.41) is 7.76. The molecule has 0 bridgehead atoms. The number of H-pyrrole nitrogens is 1. The van der Waals surface area contributed by atoms with Crippen molar-refractivity contribution in [3.8, 4) is 0 Å². The Balaban J connectivity index is 1.84. The molecule has 7 nitrogen and oxygen atoms in total. The Morgan fingerprint density at radius 2 is 2.19 bits per heavy atom. The molecule has 0 unspecified atom stereocenters. The van der Waals surface area contributed by atoms with Gasteiger partial charge in [0.25, 0.3) is 0 Å². The third-order valence-electron chi connectivity index (χ3n) is 3.49. The van der Waals surface area contributed by atoms with Crippen molar-refractivity contribution in [2.24, 2.45) is 0 Å². The molecule has 2 aromatic rings. The molecule has 1 N–H and O–H groups in total. The first-order valence-corrected chi connectivity index (χ1v) is 7.30. The van der Waals surface area contributed by atoms with Gasteiger partial charge in [-0.1, -0.05) is 11.6 Å². The highest BCUT2D eigenvalue weighted by atomic mass is 35.5. The Bertz CT molecular complexity index is 587. The molecular weight excluding hydrogens is 292 g/mol. The fourth-order valence-corrected chi connectivity index (χ4v) is 2.65. The summed E-state index contributed by atoms with van der Waals surface area (Å²) in [5.74, 6) is 2.16. The van der Waals surface area contributed by atoms with E-state index in [-0.39, 0.29) is 6.04 Å². The number of hydrogen-bond donors (Lipinski definition) is 1. The maximum absolute atomic E-state index is 5.85. The summed E-state index contributed by atoms with van der Waals surface area (Å²) < 4.78 is 5.07. The van der Waals surface area contributed by atoms with Crippen LogP contribution in [-0.4, -0.2) is 38.8 Å². The summed E-state index contributed by atoms with van der Waals surface area (Å²) in [5.41, 5.74) is 0. The van der Waals surface area contributed by atoms with Crippen LogP contribution >= 0.6 is 11.6 Å². The van der Waals surface area contributed by atoms with Gasteiger partial charge < -0.3 is 9.64 Å². The van der Waals surface area contributed by atoms with E-state index >= 15 is 0 Å². The predicted octanol–water partition coefficient (Wildman–Crippen LogP) is 2.13. The lowest BCUT2D eigenvalue weighted by molar-refractivity contribution is 0.178. The summed E-state index contributed by atoms with van der Waals surface area (Å²) in [6.45, 7) is 1.32. The lowest BCUT2D eigenvalue weighted by Crippen LogP contribution is -2.35. The van der Waals surface area contributed by atoms with Crippen LogP contribution in [0.4, 0.5) is 5.95 Å². The van der Waals surface area contributed by atoms with Crippen LogP contribution in [0.1, 0.15) is 37.0 Å². The van der Waals surface area contributed by atoms with E-state index in [1.54, 1.807) is 19.5 Å². The summed E-state index contributed by atoms with van der Waals surface area (Å²) in [7, 11) is 1.64. The number of rotatable bonds is 4. The SMILES string of the molecule is COCc1nc([C@@H]2CCCCN2c2ncc(Cl)cn2)n[nH]1. The van der Waals surface area contributed by atoms with Gasteiger partial charge in [0, 0.05) is 13.7 Å². The average molecular weight is 309 g/mol. The van der Waals surface area contributed by atoms with Crippen LogP contribution in [0.5, 0.6) is 0 Å². The van der Waals surface area contributed by atoms with E-state index in [1.807, 2.05) is 0 Å². The van der Waals surface area contributed by atoms with Crippen LogP contribution in [0.15, 0.2) is 12.4 Å². The van der Waals surface area contributed by atoms with Gasteiger partial charge in [0.2, 0.25) is 5.95 Å². The fraction of sp³-hybridized carbons (Fsp3) is 0.538. The largest absolute Gasteiger partial charge is 0.377 e. The predicted molar refractivity (Wildman–Crippen MR) is 78.1 cm³/mol. The van der Waals surface area contributed by atoms with E-state index in [9.17, 15) is 0 Å². The van der Waals surface area contributed by atoms with E-state index in [0.717, 1.165) is 37.5 Å². The number of aromatic amines is 1. The van der Waals surface area contributed by atoms with E-state index in [0.29, 0.717) is 17.6 Å². The number of halogens is 1. The van der Waals surface area contributed by atoms with Crippen molar-refractivity contribution in [2.45, 2.75) is 31.9 Å². The smallest absolute Gasteiger partial charge is 0.225 e. The third kappa shape index (κ3) is 3.14. The van der Waals surface area contributed by atoms with Crippen molar-refractivity contribution in [3.63, 3.8) is 0 Å². The van der Waals surface area contributed by atoms with Gasteiger partial charge in [-0.05, 0) is 19.3 Å². The minimum absolute atomic E-state index is 0.0850. The highest BCUT2D eigenvalue weighted by molar-refractivity contribution is 6.30. The molecule has 2 aromatic heterocycles. The molecule has 1 aliphatic heterocycles. The second-order valence-corrected chi connectivity index (χ2v) is 5.42. The van der Waals surface area contributed by atoms with Gasteiger partial charge in [-0.2, -0.15) is 5.10 Å². The number of anilines is 1. The van der Waals surface area contributed by atoms with Gasteiger partial charge in [0.1, 0.15) is 6.61 Å². The molecule has 8 heteroatoms. The highest BCUT2D eigenvalue weighted by Crippen LogP contribution is 2.31. The molecule has 1 aliphatic rings. The van der Waals surface area contributed by atoms with Gasteiger partial charge >= 0.3 is 0 Å². The maximum Gasteiger partial charge on any atom is 0.225 e. The van der Waals surface area contributed by atoms with Crippen LogP contribution in [0.2, 0.25) is 5.02 Å². The lowest BCUT2D eigenvalue weighted by atomic mass is 10.0. The molecule has 21 heavy (non-hydrogen) atoms. The van der Waals surface area contributed by atoms with Crippen LogP contribution < -0.4 is 4.90 Å². The van der Waals surface area contributed by atoms with Crippen molar-refractivity contribution in [1.82, 2.24) is 25.1 Å². The summed E-state index contributed by atoms with van der Waals surface area (Å²) in [4.78, 5) is 15.3. The first-order chi connectivity index (χ1) is 10.3. The number of aromatic nitrogens is 5. The number of nitrogens with one attached hydrogen (secondary N) is 1. The summed E-state index contributed by atoms with van der Waals surface area (Å²) >= 11 is 5.85. The first-order valence-electron chi connectivity index (χ1n) is 6.92. The zero-order chi connectivity index (χ0) is 14.7. The number of nitrogens with zero attached hydrogens (tertiary/aromatic N) is 5. The zero-order valence-corrected chi connectivity index (χ0v) is 12.5. The zero-order valence-electron chi connectivity index (χ0n) is 11.8. The molecule has 1 fully saturated rings. The van der Waals surface area contributed by atoms with Crippen molar-refractivity contribution >= 4 is 17.5 Å². The number of hydrogen-bond acceptors (Lipinski definition) is 6. The molecule has 3 rings (SSSR count). The van der Waals surface area contributed by atoms with Crippen LogP contribution in [-0.2, 0) is 11.3 Å². The van der Waals surface area contributed by atoms with E-state index in [1.165, 1.54) is 0 Å². The Morgan fingerprint density at radius 3 is 2.95 bits per heavy atom. The van der Waals surface area contributed by atoms with Crippen molar-refractivity contribution < 1.29 is 4.74 Å².